The Balaban J connectivity index is 2.59. The van der Waals surface area contributed by atoms with E-state index < -0.39 is 0 Å². The molecule has 0 aliphatic rings. The molecule has 2 aromatic rings. The molecule has 2 heterocycles. The van der Waals surface area contributed by atoms with Gasteiger partial charge < -0.3 is 0 Å². The molecule has 0 radical (unpaired) electrons. The molecule has 0 bridgehead atoms. The third-order valence-electron chi connectivity index (χ3n) is 2.13. The lowest BCUT2D eigenvalue weighted by atomic mass is 10.2. The maximum absolute atomic E-state index is 5.73. The van der Waals surface area contributed by atoms with Gasteiger partial charge in [0.15, 0.2) is 5.65 Å². The molecule has 0 fully saturated rings. The second kappa shape index (κ2) is 3.58. The Morgan fingerprint density at radius 2 is 2.21 bits per heavy atom. The number of pyridine rings is 1. The quantitative estimate of drug-likeness (QED) is 0.713. The summed E-state index contributed by atoms with van der Waals surface area (Å²) in [6.45, 7) is 4.17. The molecule has 0 spiro atoms. The minimum absolute atomic E-state index is 0.335. The number of nitrogens with zero attached hydrogens (tertiary/aromatic N) is 3. The molecule has 0 N–H and O–H groups in total. The third kappa shape index (κ3) is 1.48. The Bertz CT molecular complexity index is 448. The molecular formula is C10H12ClN3. The summed E-state index contributed by atoms with van der Waals surface area (Å²) in [5.41, 5.74) is 1.95. The van der Waals surface area contributed by atoms with Crippen molar-refractivity contribution >= 4 is 22.6 Å². The summed E-state index contributed by atoms with van der Waals surface area (Å²) in [7, 11) is 0. The van der Waals surface area contributed by atoms with Gasteiger partial charge in [-0.3, -0.25) is 0 Å². The number of aromatic nitrogens is 3. The standard InChI is InChI=1S/C10H12ClN3/c1-7(2)14-10-9(6-13-14)3-8(4-11)5-12-10/h3,5-7H,4H2,1-2H3. The molecule has 14 heavy (non-hydrogen) atoms. The minimum atomic E-state index is 0.335. The highest BCUT2D eigenvalue weighted by Crippen LogP contribution is 2.17. The molecule has 0 saturated heterocycles. The molecule has 0 saturated carbocycles. The van der Waals surface area contributed by atoms with Crippen LogP contribution in [0.25, 0.3) is 11.0 Å². The van der Waals surface area contributed by atoms with Crippen LogP contribution in [-0.2, 0) is 5.88 Å². The van der Waals surface area contributed by atoms with Crippen LogP contribution in [0.1, 0.15) is 25.5 Å². The van der Waals surface area contributed by atoms with Crippen LogP contribution >= 0.6 is 11.6 Å². The van der Waals surface area contributed by atoms with E-state index in [4.69, 9.17) is 11.6 Å². The fourth-order valence-electron chi connectivity index (χ4n) is 1.44. The van der Waals surface area contributed by atoms with Gasteiger partial charge in [-0.2, -0.15) is 5.10 Å². The van der Waals surface area contributed by atoms with Crippen LogP contribution in [0.15, 0.2) is 18.5 Å². The number of halogens is 1. The van der Waals surface area contributed by atoms with Crippen molar-refractivity contribution in [3.63, 3.8) is 0 Å². The van der Waals surface area contributed by atoms with Gasteiger partial charge >= 0.3 is 0 Å². The SMILES string of the molecule is CC(C)n1ncc2cc(CCl)cnc21. The first-order valence-electron chi connectivity index (χ1n) is 4.60. The molecular weight excluding hydrogens is 198 g/mol. The molecule has 3 nitrogen and oxygen atoms in total. The van der Waals surface area contributed by atoms with Gasteiger partial charge in [-0.25, -0.2) is 9.67 Å². The Hall–Kier alpha value is -1.09. The van der Waals surface area contributed by atoms with E-state index >= 15 is 0 Å². The summed E-state index contributed by atoms with van der Waals surface area (Å²) in [6.07, 6.45) is 3.63. The van der Waals surface area contributed by atoms with Crippen LogP contribution in [-0.4, -0.2) is 14.8 Å². The first-order valence-corrected chi connectivity index (χ1v) is 5.14. The number of alkyl halides is 1. The first-order chi connectivity index (χ1) is 6.72. The zero-order valence-corrected chi connectivity index (χ0v) is 8.99. The second-order valence-corrected chi connectivity index (χ2v) is 3.84. The molecule has 2 aromatic heterocycles. The van der Waals surface area contributed by atoms with Crippen molar-refractivity contribution < 1.29 is 0 Å². The smallest absolute Gasteiger partial charge is 0.157 e. The summed E-state index contributed by atoms with van der Waals surface area (Å²) in [5, 5.41) is 5.33. The van der Waals surface area contributed by atoms with E-state index in [1.807, 2.05) is 16.9 Å². The van der Waals surface area contributed by atoms with Gasteiger partial charge in [0, 0.05) is 23.5 Å². The molecule has 2 rings (SSSR count). The number of hydrogen-bond donors (Lipinski definition) is 0. The molecule has 0 aromatic carbocycles. The number of hydrogen-bond acceptors (Lipinski definition) is 2. The van der Waals surface area contributed by atoms with Crippen LogP contribution < -0.4 is 0 Å². The summed E-state index contributed by atoms with van der Waals surface area (Å²) in [5.74, 6) is 0.496. The molecule has 0 atom stereocenters. The largest absolute Gasteiger partial charge is 0.245 e. The Labute approximate surface area is 87.7 Å². The van der Waals surface area contributed by atoms with Crippen molar-refractivity contribution in [1.82, 2.24) is 14.8 Å². The molecule has 0 unspecified atom stereocenters. The third-order valence-corrected chi connectivity index (χ3v) is 2.44. The van der Waals surface area contributed by atoms with E-state index in [9.17, 15) is 0 Å². The lowest BCUT2D eigenvalue weighted by molar-refractivity contribution is 0.546. The molecule has 0 aliphatic heterocycles. The molecule has 4 heteroatoms. The highest BCUT2D eigenvalue weighted by molar-refractivity contribution is 6.17. The van der Waals surface area contributed by atoms with Crippen molar-refractivity contribution in [2.45, 2.75) is 25.8 Å². The first kappa shape index (κ1) is 9.46. The van der Waals surface area contributed by atoms with Gasteiger partial charge in [0.05, 0.1) is 6.20 Å². The van der Waals surface area contributed by atoms with Crippen molar-refractivity contribution in [3.05, 3.63) is 24.0 Å². The number of fused-ring (bicyclic) bond motifs is 1. The van der Waals surface area contributed by atoms with Crippen LogP contribution in [0, 0.1) is 0 Å². The summed E-state index contributed by atoms with van der Waals surface area (Å²) in [4.78, 5) is 4.35. The topological polar surface area (TPSA) is 30.7 Å². The van der Waals surface area contributed by atoms with Crippen molar-refractivity contribution in [2.24, 2.45) is 0 Å². The van der Waals surface area contributed by atoms with E-state index in [1.165, 1.54) is 0 Å². The fourth-order valence-corrected chi connectivity index (χ4v) is 1.58. The molecule has 0 aliphatic carbocycles. The average molecular weight is 210 g/mol. The van der Waals surface area contributed by atoms with Gasteiger partial charge in [0.1, 0.15) is 0 Å². The highest BCUT2D eigenvalue weighted by atomic mass is 35.5. The van der Waals surface area contributed by atoms with Crippen molar-refractivity contribution in [1.29, 1.82) is 0 Å². The Morgan fingerprint density at radius 1 is 1.43 bits per heavy atom. The van der Waals surface area contributed by atoms with E-state index in [0.717, 1.165) is 16.6 Å². The van der Waals surface area contributed by atoms with Crippen LogP contribution in [0.4, 0.5) is 0 Å². The zero-order valence-electron chi connectivity index (χ0n) is 8.24. The lowest BCUT2D eigenvalue weighted by Gasteiger charge is -2.05. The van der Waals surface area contributed by atoms with E-state index in [-0.39, 0.29) is 0 Å². The van der Waals surface area contributed by atoms with Crippen molar-refractivity contribution in [2.75, 3.05) is 0 Å². The maximum atomic E-state index is 5.73. The monoisotopic (exact) mass is 209 g/mol. The van der Waals surface area contributed by atoms with Gasteiger partial charge in [-0.15, -0.1) is 11.6 Å². The molecule has 0 amide bonds. The summed E-state index contributed by atoms with van der Waals surface area (Å²) >= 11 is 5.73. The molecule has 74 valence electrons. The number of rotatable bonds is 2. The predicted octanol–water partition coefficient (Wildman–Crippen LogP) is 2.75. The zero-order chi connectivity index (χ0) is 10.1. The van der Waals surface area contributed by atoms with Gasteiger partial charge in [-0.05, 0) is 25.5 Å². The average Bonchev–Trinajstić information content (AvgIpc) is 2.59. The normalized spacial score (nSPS) is 11.4. The van der Waals surface area contributed by atoms with E-state index in [0.29, 0.717) is 11.9 Å². The fraction of sp³-hybridized carbons (Fsp3) is 0.400. The maximum Gasteiger partial charge on any atom is 0.157 e. The van der Waals surface area contributed by atoms with Gasteiger partial charge in [0.25, 0.3) is 0 Å². The Kier molecular flexibility index (Phi) is 2.42. The summed E-state index contributed by atoms with van der Waals surface area (Å²) in [6, 6.07) is 2.36. The second-order valence-electron chi connectivity index (χ2n) is 3.57. The Morgan fingerprint density at radius 3 is 2.86 bits per heavy atom. The van der Waals surface area contributed by atoms with E-state index in [2.05, 4.69) is 23.9 Å². The van der Waals surface area contributed by atoms with Gasteiger partial charge in [-0.1, -0.05) is 0 Å². The van der Waals surface area contributed by atoms with Crippen molar-refractivity contribution in [3.8, 4) is 0 Å². The van der Waals surface area contributed by atoms with Crippen LogP contribution in [0.3, 0.4) is 0 Å². The van der Waals surface area contributed by atoms with Gasteiger partial charge in [0.2, 0.25) is 0 Å². The van der Waals surface area contributed by atoms with Crippen LogP contribution in [0.5, 0.6) is 0 Å². The lowest BCUT2D eigenvalue weighted by Crippen LogP contribution is -2.03. The highest BCUT2D eigenvalue weighted by Gasteiger charge is 2.06. The van der Waals surface area contributed by atoms with Crippen LogP contribution in [0.2, 0.25) is 0 Å². The van der Waals surface area contributed by atoms with E-state index in [1.54, 1.807) is 6.20 Å². The minimum Gasteiger partial charge on any atom is -0.245 e. The summed E-state index contributed by atoms with van der Waals surface area (Å²) < 4.78 is 1.91. The predicted molar refractivity (Wildman–Crippen MR) is 57.5 cm³/mol.